The van der Waals surface area contributed by atoms with Gasteiger partial charge in [0, 0.05) is 28.4 Å². The third kappa shape index (κ3) is 3.56. The van der Waals surface area contributed by atoms with Gasteiger partial charge in [-0.15, -0.1) is 0 Å². The number of phenolic OH excluding ortho intramolecular Hbond substituents is 2. The van der Waals surface area contributed by atoms with E-state index in [1.807, 2.05) is 44.2 Å². The fourth-order valence-corrected chi connectivity index (χ4v) is 4.26. The van der Waals surface area contributed by atoms with Crippen molar-refractivity contribution in [2.45, 2.75) is 32.7 Å². The lowest BCUT2D eigenvalue weighted by molar-refractivity contribution is 0.0972. The summed E-state index contributed by atoms with van der Waals surface area (Å²) in [5.41, 5.74) is 5.18. The molecule has 0 saturated carbocycles. The molecule has 4 rings (SSSR count). The van der Waals surface area contributed by atoms with Crippen LogP contribution in [0.1, 0.15) is 34.8 Å². The van der Waals surface area contributed by atoms with Gasteiger partial charge in [0.25, 0.3) is 5.91 Å². The Bertz CT molecular complexity index is 1110. The summed E-state index contributed by atoms with van der Waals surface area (Å²) in [5.74, 6) is -0.583. The standard InChI is InChI=1S/C24H22ClNO3/c1-14-3-8-19(21(25)11-14)16-6-10-22-17(12-16)5-4-15(2)26(22)24(29)20-9-7-18(27)13-23(20)28/h3,6-13,15,27-28H,4-5H2,1-2H3/t15-/m0/s1. The summed E-state index contributed by atoms with van der Waals surface area (Å²) in [6, 6.07) is 16.1. The topological polar surface area (TPSA) is 60.8 Å². The Kier molecular flexibility index (Phi) is 4.97. The third-order valence-corrected chi connectivity index (χ3v) is 5.79. The second-order valence-electron chi connectivity index (χ2n) is 7.59. The number of halogens is 1. The van der Waals surface area contributed by atoms with Crippen molar-refractivity contribution in [3.8, 4) is 22.6 Å². The lowest BCUT2D eigenvalue weighted by atomic mass is 9.92. The Hall–Kier alpha value is -2.98. The minimum Gasteiger partial charge on any atom is -0.508 e. The minimum absolute atomic E-state index is 0.00276. The normalized spacial score (nSPS) is 15.8. The number of amides is 1. The molecule has 3 aromatic rings. The molecule has 3 aromatic carbocycles. The van der Waals surface area contributed by atoms with Crippen molar-refractivity contribution >= 4 is 23.2 Å². The number of carbonyl (C=O) groups excluding carboxylic acids is 1. The van der Waals surface area contributed by atoms with Crippen LogP contribution in [0, 0.1) is 6.92 Å². The van der Waals surface area contributed by atoms with Crippen molar-refractivity contribution in [1.82, 2.24) is 0 Å². The molecule has 0 bridgehead atoms. The molecule has 1 atom stereocenters. The number of phenols is 2. The number of benzene rings is 3. The lowest BCUT2D eigenvalue weighted by Crippen LogP contribution is -2.42. The smallest absolute Gasteiger partial charge is 0.262 e. The molecule has 0 aromatic heterocycles. The van der Waals surface area contributed by atoms with Crippen molar-refractivity contribution in [2.24, 2.45) is 0 Å². The molecule has 0 unspecified atom stereocenters. The van der Waals surface area contributed by atoms with E-state index in [9.17, 15) is 15.0 Å². The molecule has 0 fully saturated rings. The zero-order chi connectivity index (χ0) is 20.7. The summed E-state index contributed by atoms with van der Waals surface area (Å²) in [5, 5.41) is 20.4. The molecule has 1 aliphatic heterocycles. The summed E-state index contributed by atoms with van der Waals surface area (Å²) < 4.78 is 0. The van der Waals surface area contributed by atoms with Gasteiger partial charge >= 0.3 is 0 Å². The Labute approximate surface area is 175 Å². The average molecular weight is 408 g/mol. The van der Waals surface area contributed by atoms with E-state index in [1.54, 1.807) is 4.90 Å². The molecule has 29 heavy (non-hydrogen) atoms. The maximum Gasteiger partial charge on any atom is 0.262 e. The molecule has 1 amide bonds. The molecule has 5 heteroatoms. The van der Waals surface area contributed by atoms with Crippen molar-refractivity contribution in [3.05, 3.63) is 76.3 Å². The van der Waals surface area contributed by atoms with Crippen molar-refractivity contribution in [2.75, 3.05) is 4.90 Å². The first kappa shape index (κ1) is 19.3. The van der Waals surface area contributed by atoms with Crippen LogP contribution in [0.3, 0.4) is 0 Å². The first-order valence-electron chi connectivity index (χ1n) is 9.60. The number of rotatable bonds is 2. The van der Waals surface area contributed by atoms with Crippen LogP contribution in [0.25, 0.3) is 11.1 Å². The van der Waals surface area contributed by atoms with Gasteiger partial charge in [-0.3, -0.25) is 4.79 Å². The number of anilines is 1. The lowest BCUT2D eigenvalue weighted by Gasteiger charge is -2.35. The number of fused-ring (bicyclic) bond motifs is 1. The minimum atomic E-state index is -0.280. The van der Waals surface area contributed by atoms with E-state index in [2.05, 4.69) is 6.07 Å². The molecule has 0 aliphatic carbocycles. The van der Waals surface area contributed by atoms with Crippen LogP contribution in [0.4, 0.5) is 5.69 Å². The van der Waals surface area contributed by atoms with E-state index in [1.165, 1.54) is 18.2 Å². The van der Waals surface area contributed by atoms with Crippen LogP contribution in [-0.2, 0) is 6.42 Å². The maximum absolute atomic E-state index is 13.2. The van der Waals surface area contributed by atoms with E-state index in [4.69, 9.17) is 11.6 Å². The first-order chi connectivity index (χ1) is 13.8. The number of carbonyl (C=O) groups is 1. The zero-order valence-corrected chi connectivity index (χ0v) is 17.1. The number of aryl methyl sites for hydroxylation is 2. The Morgan fingerprint density at radius 1 is 1.07 bits per heavy atom. The predicted molar refractivity (Wildman–Crippen MR) is 116 cm³/mol. The molecule has 2 N–H and O–H groups in total. The highest BCUT2D eigenvalue weighted by atomic mass is 35.5. The summed E-state index contributed by atoms with van der Waals surface area (Å²) in [6.45, 7) is 4.01. The highest BCUT2D eigenvalue weighted by Gasteiger charge is 2.30. The number of hydrogen-bond donors (Lipinski definition) is 2. The van der Waals surface area contributed by atoms with Gasteiger partial charge < -0.3 is 15.1 Å². The van der Waals surface area contributed by atoms with Crippen LogP contribution in [-0.4, -0.2) is 22.2 Å². The molecular weight excluding hydrogens is 386 g/mol. The zero-order valence-electron chi connectivity index (χ0n) is 16.3. The molecule has 0 saturated heterocycles. The van der Waals surface area contributed by atoms with Gasteiger partial charge in [-0.1, -0.05) is 29.8 Å². The maximum atomic E-state index is 13.2. The predicted octanol–water partition coefficient (Wildman–Crippen LogP) is 5.71. The molecule has 1 heterocycles. The second kappa shape index (κ2) is 7.45. The van der Waals surface area contributed by atoms with Gasteiger partial charge in [0.2, 0.25) is 0 Å². The van der Waals surface area contributed by atoms with Gasteiger partial charge in [0.1, 0.15) is 11.5 Å². The fourth-order valence-electron chi connectivity index (χ4n) is 3.91. The highest BCUT2D eigenvalue weighted by molar-refractivity contribution is 6.33. The number of nitrogens with zero attached hydrogens (tertiary/aromatic N) is 1. The van der Waals surface area contributed by atoms with Gasteiger partial charge in [0.05, 0.1) is 5.56 Å². The molecule has 1 aliphatic rings. The summed E-state index contributed by atoms with van der Waals surface area (Å²) in [7, 11) is 0. The van der Waals surface area contributed by atoms with E-state index < -0.39 is 0 Å². The molecule has 4 nitrogen and oxygen atoms in total. The van der Waals surface area contributed by atoms with Crippen LogP contribution in [0.15, 0.2) is 54.6 Å². The number of aromatic hydroxyl groups is 2. The monoisotopic (exact) mass is 407 g/mol. The summed E-state index contributed by atoms with van der Waals surface area (Å²) in [6.07, 6.45) is 1.68. The average Bonchev–Trinajstić information content (AvgIpc) is 2.67. The third-order valence-electron chi connectivity index (χ3n) is 5.48. The van der Waals surface area contributed by atoms with E-state index >= 15 is 0 Å². The van der Waals surface area contributed by atoms with Crippen LogP contribution < -0.4 is 4.90 Å². The van der Waals surface area contributed by atoms with Gasteiger partial charge in [-0.25, -0.2) is 0 Å². The van der Waals surface area contributed by atoms with Gasteiger partial charge in [-0.2, -0.15) is 0 Å². The largest absolute Gasteiger partial charge is 0.508 e. The quantitative estimate of drug-likeness (QED) is 0.572. The Morgan fingerprint density at radius 3 is 2.59 bits per heavy atom. The molecule has 0 radical (unpaired) electrons. The fraction of sp³-hybridized carbons (Fsp3) is 0.208. The Morgan fingerprint density at radius 2 is 1.86 bits per heavy atom. The van der Waals surface area contributed by atoms with Gasteiger partial charge in [-0.05, 0) is 73.7 Å². The number of hydrogen-bond acceptors (Lipinski definition) is 3. The van der Waals surface area contributed by atoms with Crippen molar-refractivity contribution in [3.63, 3.8) is 0 Å². The molecular formula is C24H22ClNO3. The molecule has 0 spiro atoms. The van der Waals surface area contributed by atoms with Crippen LogP contribution in [0.5, 0.6) is 11.5 Å². The van der Waals surface area contributed by atoms with Crippen molar-refractivity contribution < 1.29 is 15.0 Å². The summed E-state index contributed by atoms with van der Waals surface area (Å²) >= 11 is 6.45. The van der Waals surface area contributed by atoms with E-state index in [0.29, 0.717) is 5.02 Å². The van der Waals surface area contributed by atoms with Crippen LogP contribution >= 0.6 is 11.6 Å². The van der Waals surface area contributed by atoms with E-state index in [-0.39, 0.29) is 29.0 Å². The summed E-state index contributed by atoms with van der Waals surface area (Å²) in [4.78, 5) is 14.9. The second-order valence-corrected chi connectivity index (χ2v) is 8.00. The molecule has 148 valence electrons. The highest BCUT2D eigenvalue weighted by Crippen LogP contribution is 2.38. The van der Waals surface area contributed by atoms with Crippen LogP contribution in [0.2, 0.25) is 5.02 Å². The van der Waals surface area contributed by atoms with Gasteiger partial charge in [0.15, 0.2) is 0 Å². The SMILES string of the molecule is Cc1ccc(-c2ccc3c(c2)CC[C@H](C)N3C(=O)c2ccc(O)cc2O)c(Cl)c1. The Balaban J connectivity index is 1.75. The first-order valence-corrected chi connectivity index (χ1v) is 9.98. The van der Waals surface area contributed by atoms with Crippen molar-refractivity contribution in [1.29, 1.82) is 0 Å². The van der Waals surface area contributed by atoms with E-state index in [0.717, 1.165) is 40.8 Å².